The number of nitrogens with zero attached hydrogens (tertiary/aromatic N) is 1. The molecule has 0 aliphatic heterocycles. The van der Waals surface area contributed by atoms with Gasteiger partial charge < -0.3 is 11.1 Å². The second-order valence-electron chi connectivity index (χ2n) is 4.20. The molecule has 17 heavy (non-hydrogen) atoms. The van der Waals surface area contributed by atoms with Gasteiger partial charge in [0.1, 0.15) is 0 Å². The largest absolute Gasteiger partial charge is 0.350 e. The Hall–Kier alpha value is -1.42. The minimum atomic E-state index is -0.436. The van der Waals surface area contributed by atoms with Crippen LogP contribution in [0.5, 0.6) is 0 Å². The van der Waals surface area contributed by atoms with Gasteiger partial charge in [-0.25, -0.2) is 0 Å². The number of nitrogens with two attached hydrogens (primary N) is 1. The monoisotopic (exact) mass is 235 g/mol. The first kappa shape index (κ1) is 13.6. The van der Waals surface area contributed by atoms with Crippen molar-refractivity contribution in [3.05, 3.63) is 30.1 Å². The van der Waals surface area contributed by atoms with Crippen LogP contribution in [0.3, 0.4) is 0 Å². The maximum Gasteiger partial charge on any atom is 0.227 e. The number of amides is 1. The summed E-state index contributed by atoms with van der Waals surface area (Å²) in [4.78, 5) is 16.3. The minimum Gasteiger partial charge on any atom is -0.350 e. The Bertz CT molecular complexity index is 339. The Labute approximate surface area is 103 Å². The first-order valence-corrected chi connectivity index (χ1v) is 6.06. The Balaban J connectivity index is 2.60. The summed E-state index contributed by atoms with van der Waals surface area (Å²) in [7, 11) is 0. The molecule has 1 heterocycles. The zero-order chi connectivity index (χ0) is 12.7. The second-order valence-corrected chi connectivity index (χ2v) is 4.20. The van der Waals surface area contributed by atoms with Gasteiger partial charge in [-0.1, -0.05) is 19.9 Å². The van der Waals surface area contributed by atoms with Crippen LogP contribution in [0.15, 0.2) is 24.4 Å². The normalized spacial score (nSPS) is 11.2. The highest BCUT2D eigenvalue weighted by Gasteiger charge is 2.32. The van der Waals surface area contributed by atoms with Crippen LogP contribution in [0.25, 0.3) is 0 Å². The lowest BCUT2D eigenvalue weighted by Gasteiger charge is -2.28. The summed E-state index contributed by atoms with van der Waals surface area (Å²) in [6.45, 7) is 4.84. The molecule has 0 saturated heterocycles. The minimum absolute atomic E-state index is 0.0238. The van der Waals surface area contributed by atoms with Crippen molar-refractivity contribution in [2.45, 2.75) is 33.2 Å². The lowest BCUT2D eigenvalue weighted by atomic mass is 9.81. The van der Waals surface area contributed by atoms with Crippen LogP contribution in [-0.4, -0.2) is 17.4 Å². The van der Waals surface area contributed by atoms with E-state index in [1.54, 1.807) is 6.20 Å². The van der Waals surface area contributed by atoms with Gasteiger partial charge in [-0.15, -0.1) is 0 Å². The van der Waals surface area contributed by atoms with Crippen molar-refractivity contribution >= 4 is 5.91 Å². The van der Waals surface area contributed by atoms with Gasteiger partial charge in [-0.3, -0.25) is 9.78 Å². The molecule has 1 amide bonds. The standard InChI is InChI=1S/C13H21N3O/c1-3-13(4-2,10-14)12(17)16-9-11-7-5-6-8-15-11/h5-8H,3-4,9-10,14H2,1-2H3,(H,16,17). The predicted octanol–water partition coefficient (Wildman–Crippen LogP) is 1.46. The highest BCUT2D eigenvalue weighted by atomic mass is 16.2. The van der Waals surface area contributed by atoms with E-state index >= 15 is 0 Å². The molecule has 0 aromatic carbocycles. The third-order valence-corrected chi connectivity index (χ3v) is 3.38. The third kappa shape index (κ3) is 3.27. The summed E-state index contributed by atoms with van der Waals surface area (Å²) in [6, 6.07) is 5.65. The maximum atomic E-state index is 12.1. The fraction of sp³-hybridized carbons (Fsp3) is 0.538. The first-order chi connectivity index (χ1) is 8.18. The van der Waals surface area contributed by atoms with E-state index in [1.807, 2.05) is 32.0 Å². The fourth-order valence-electron chi connectivity index (χ4n) is 1.81. The number of nitrogens with one attached hydrogen (secondary N) is 1. The average Bonchev–Trinajstić information content (AvgIpc) is 2.40. The molecule has 0 aliphatic carbocycles. The van der Waals surface area contributed by atoms with Gasteiger partial charge in [0.05, 0.1) is 17.7 Å². The van der Waals surface area contributed by atoms with E-state index in [-0.39, 0.29) is 5.91 Å². The van der Waals surface area contributed by atoms with Crippen LogP contribution in [0, 0.1) is 5.41 Å². The molecule has 0 radical (unpaired) electrons. The van der Waals surface area contributed by atoms with E-state index in [0.29, 0.717) is 13.1 Å². The summed E-state index contributed by atoms with van der Waals surface area (Å²) in [5.74, 6) is 0.0238. The molecule has 0 atom stereocenters. The summed E-state index contributed by atoms with van der Waals surface area (Å²) < 4.78 is 0. The van der Waals surface area contributed by atoms with Crippen molar-refractivity contribution in [3.63, 3.8) is 0 Å². The van der Waals surface area contributed by atoms with Crippen molar-refractivity contribution in [1.29, 1.82) is 0 Å². The number of pyridine rings is 1. The molecule has 1 aromatic heterocycles. The van der Waals surface area contributed by atoms with Crippen LogP contribution in [0.2, 0.25) is 0 Å². The van der Waals surface area contributed by atoms with Crippen LogP contribution in [0.1, 0.15) is 32.4 Å². The maximum absolute atomic E-state index is 12.1. The number of carbonyl (C=O) groups is 1. The molecule has 0 saturated carbocycles. The highest BCUT2D eigenvalue weighted by Crippen LogP contribution is 2.24. The molecule has 0 fully saturated rings. The predicted molar refractivity (Wildman–Crippen MR) is 68.2 cm³/mol. The number of carbonyl (C=O) groups excluding carboxylic acids is 1. The molecule has 1 aromatic rings. The number of rotatable bonds is 6. The van der Waals surface area contributed by atoms with Crippen molar-refractivity contribution < 1.29 is 4.79 Å². The van der Waals surface area contributed by atoms with Crippen LogP contribution >= 0.6 is 0 Å². The van der Waals surface area contributed by atoms with E-state index in [4.69, 9.17) is 5.73 Å². The second kappa shape index (κ2) is 6.35. The Kier molecular flexibility index (Phi) is 5.10. The molecule has 3 N–H and O–H groups in total. The first-order valence-electron chi connectivity index (χ1n) is 6.06. The summed E-state index contributed by atoms with van der Waals surface area (Å²) in [5, 5.41) is 2.91. The molecule has 0 spiro atoms. The Morgan fingerprint density at radius 3 is 2.59 bits per heavy atom. The van der Waals surface area contributed by atoms with Crippen LogP contribution < -0.4 is 11.1 Å². The average molecular weight is 235 g/mol. The topological polar surface area (TPSA) is 68.0 Å². The van der Waals surface area contributed by atoms with Crippen molar-refractivity contribution in [3.8, 4) is 0 Å². The number of hydrogen-bond acceptors (Lipinski definition) is 3. The fourth-order valence-corrected chi connectivity index (χ4v) is 1.81. The van der Waals surface area contributed by atoms with Crippen molar-refractivity contribution in [1.82, 2.24) is 10.3 Å². The molecule has 4 heteroatoms. The summed E-state index contributed by atoms with van der Waals surface area (Å²) in [5.41, 5.74) is 6.15. The van der Waals surface area contributed by atoms with E-state index in [9.17, 15) is 4.79 Å². The smallest absolute Gasteiger partial charge is 0.227 e. The van der Waals surface area contributed by atoms with Crippen LogP contribution in [0.4, 0.5) is 0 Å². The van der Waals surface area contributed by atoms with Gasteiger partial charge >= 0.3 is 0 Å². The van der Waals surface area contributed by atoms with Crippen LogP contribution in [-0.2, 0) is 11.3 Å². The van der Waals surface area contributed by atoms with Gasteiger partial charge in [0.2, 0.25) is 5.91 Å². The molecule has 0 bridgehead atoms. The Morgan fingerprint density at radius 1 is 1.41 bits per heavy atom. The number of hydrogen-bond donors (Lipinski definition) is 2. The lowest BCUT2D eigenvalue weighted by Crippen LogP contribution is -2.45. The van der Waals surface area contributed by atoms with E-state index in [1.165, 1.54) is 0 Å². The summed E-state index contributed by atoms with van der Waals surface area (Å²) in [6.07, 6.45) is 3.24. The van der Waals surface area contributed by atoms with Crippen molar-refractivity contribution in [2.24, 2.45) is 11.1 Å². The molecule has 0 unspecified atom stereocenters. The molecule has 1 rings (SSSR count). The SMILES string of the molecule is CCC(CC)(CN)C(=O)NCc1ccccn1. The Morgan fingerprint density at radius 2 is 2.12 bits per heavy atom. The molecule has 94 valence electrons. The molecular weight excluding hydrogens is 214 g/mol. The van der Waals surface area contributed by atoms with Gasteiger partial charge in [0.25, 0.3) is 0 Å². The van der Waals surface area contributed by atoms with E-state index < -0.39 is 5.41 Å². The number of aromatic nitrogens is 1. The van der Waals surface area contributed by atoms with E-state index in [2.05, 4.69) is 10.3 Å². The zero-order valence-electron chi connectivity index (χ0n) is 10.6. The van der Waals surface area contributed by atoms with E-state index in [0.717, 1.165) is 18.5 Å². The van der Waals surface area contributed by atoms with Gasteiger partial charge in [-0.2, -0.15) is 0 Å². The lowest BCUT2D eigenvalue weighted by molar-refractivity contribution is -0.131. The molecular formula is C13H21N3O. The van der Waals surface area contributed by atoms with Gasteiger partial charge in [0, 0.05) is 12.7 Å². The molecule has 4 nitrogen and oxygen atoms in total. The van der Waals surface area contributed by atoms with Gasteiger partial charge in [0.15, 0.2) is 0 Å². The van der Waals surface area contributed by atoms with Gasteiger partial charge in [-0.05, 0) is 25.0 Å². The zero-order valence-corrected chi connectivity index (χ0v) is 10.6. The van der Waals surface area contributed by atoms with Crippen molar-refractivity contribution in [2.75, 3.05) is 6.54 Å². The quantitative estimate of drug-likeness (QED) is 0.784. The highest BCUT2D eigenvalue weighted by molar-refractivity contribution is 5.82. The molecule has 0 aliphatic rings. The third-order valence-electron chi connectivity index (χ3n) is 3.38. The summed E-state index contributed by atoms with van der Waals surface area (Å²) >= 11 is 0.